The summed E-state index contributed by atoms with van der Waals surface area (Å²) in [5, 5.41) is -0.0300. The van der Waals surface area contributed by atoms with E-state index in [-0.39, 0.29) is 24.3 Å². The average molecular weight is 428 g/mol. The summed E-state index contributed by atoms with van der Waals surface area (Å²) in [4.78, 5) is 22.0. The fourth-order valence-electron chi connectivity index (χ4n) is 3.10. The minimum absolute atomic E-state index is 0.0300. The molecule has 0 radical (unpaired) electrons. The molecule has 2 N–H and O–H groups in total. The summed E-state index contributed by atoms with van der Waals surface area (Å²) in [5.41, 5.74) is 5.75. The quantitative estimate of drug-likeness (QED) is 0.710. The number of halogens is 3. The van der Waals surface area contributed by atoms with Crippen molar-refractivity contribution in [1.29, 1.82) is 0 Å². The Labute approximate surface area is 170 Å². The van der Waals surface area contributed by atoms with Crippen molar-refractivity contribution in [2.45, 2.75) is 25.2 Å². The second-order valence-corrected chi connectivity index (χ2v) is 7.51. The van der Waals surface area contributed by atoms with E-state index in [9.17, 15) is 8.78 Å². The highest BCUT2D eigenvalue weighted by Gasteiger charge is 2.57. The normalized spacial score (nSPS) is 21.1. The highest BCUT2D eigenvalue weighted by molar-refractivity contribution is 6.28. The van der Waals surface area contributed by atoms with E-state index in [4.69, 9.17) is 26.8 Å². The number of ether oxygens (including phenoxy) is 2. The van der Waals surface area contributed by atoms with Crippen LogP contribution in [0.3, 0.4) is 0 Å². The number of anilines is 2. The Morgan fingerprint density at radius 1 is 1.17 bits per heavy atom. The van der Waals surface area contributed by atoms with Gasteiger partial charge in [0.1, 0.15) is 12.9 Å². The molecule has 0 aromatic carbocycles. The summed E-state index contributed by atoms with van der Waals surface area (Å²) in [6.07, 6.45) is 4.44. The molecule has 2 aliphatic rings. The number of nitrogen functional groups attached to an aromatic ring is 1. The van der Waals surface area contributed by atoms with Crippen molar-refractivity contribution >= 4 is 23.4 Å². The number of piperidine rings is 1. The molecule has 0 spiro atoms. The second-order valence-electron chi connectivity index (χ2n) is 7.17. The minimum Gasteiger partial charge on any atom is -0.488 e. The van der Waals surface area contributed by atoms with Crippen molar-refractivity contribution in [1.82, 2.24) is 24.9 Å². The molecule has 1 unspecified atom stereocenters. The summed E-state index contributed by atoms with van der Waals surface area (Å²) >= 11 is 5.96. The van der Waals surface area contributed by atoms with E-state index in [0.29, 0.717) is 43.1 Å². The molecule has 3 heterocycles. The van der Waals surface area contributed by atoms with Gasteiger partial charge in [0.15, 0.2) is 11.6 Å². The van der Waals surface area contributed by atoms with Gasteiger partial charge in [-0.2, -0.15) is 15.0 Å². The van der Waals surface area contributed by atoms with E-state index >= 15 is 0 Å². The first-order valence-corrected chi connectivity index (χ1v) is 9.64. The molecule has 29 heavy (non-hydrogen) atoms. The zero-order valence-corrected chi connectivity index (χ0v) is 16.2. The first kappa shape index (κ1) is 19.7. The zero-order valence-electron chi connectivity index (χ0n) is 15.5. The van der Waals surface area contributed by atoms with E-state index in [1.54, 1.807) is 6.20 Å². The number of nitrogens with zero attached hydrogens (tertiary/aromatic N) is 6. The van der Waals surface area contributed by atoms with Crippen molar-refractivity contribution in [3.05, 3.63) is 17.8 Å². The number of aromatic nitrogens is 5. The molecule has 0 amide bonds. The molecule has 2 fully saturated rings. The lowest BCUT2D eigenvalue weighted by molar-refractivity contribution is 0.0842. The summed E-state index contributed by atoms with van der Waals surface area (Å²) in [7, 11) is 0. The zero-order chi connectivity index (χ0) is 20.4. The Bertz CT molecular complexity index is 867. The number of hydrogen-bond donors (Lipinski definition) is 1. The average Bonchev–Trinajstić information content (AvgIpc) is 3.32. The number of alkyl halides is 2. The fraction of sp³-hybridized carbons (Fsp3) is 0.588. The highest BCUT2D eigenvalue weighted by Crippen LogP contribution is 2.48. The smallest absolute Gasteiger partial charge is 0.322 e. The van der Waals surface area contributed by atoms with E-state index in [1.807, 2.05) is 4.90 Å². The van der Waals surface area contributed by atoms with Gasteiger partial charge in [0.25, 0.3) is 5.92 Å². The van der Waals surface area contributed by atoms with E-state index in [2.05, 4.69) is 24.9 Å². The fourth-order valence-corrected chi connectivity index (χ4v) is 3.25. The molecule has 1 saturated heterocycles. The van der Waals surface area contributed by atoms with Gasteiger partial charge >= 0.3 is 6.01 Å². The van der Waals surface area contributed by atoms with Crippen LogP contribution in [0, 0.1) is 11.8 Å². The van der Waals surface area contributed by atoms with Crippen molar-refractivity contribution in [3.63, 3.8) is 0 Å². The largest absolute Gasteiger partial charge is 0.488 e. The van der Waals surface area contributed by atoms with Gasteiger partial charge in [-0.3, -0.25) is 0 Å². The third kappa shape index (κ3) is 4.89. The van der Waals surface area contributed by atoms with E-state index in [0.717, 1.165) is 12.8 Å². The van der Waals surface area contributed by atoms with Crippen LogP contribution in [0.15, 0.2) is 12.5 Å². The molecule has 1 aliphatic heterocycles. The van der Waals surface area contributed by atoms with Crippen molar-refractivity contribution in [2.75, 3.05) is 36.9 Å². The monoisotopic (exact) mass is 427 g/mol. The molecule has 1 atom stereocenters. The minimum atomic E-state index is -2.65. The third-order valence-corrected chi connectivity index (χ3v) is 5.19. The molecule has 0 bridgehead atoms. The standard InChI is InChI=1S/C17H20ClF2N7O2/c18-14-24-15(26-16(25-14)29-8-11-5-17(11,19)20)27-3-1-10(2-4-27)7-28-12-6-22-9-23-13(12)21/h6,9-11H,1-5,7-8H2,(H2,21,22,23). The van der Waals surface area contributed by atoms with Crippen LogP contribution in [-0.4, -0.2) is 57.1 Å². The van der Waals surface area contributed by atoms with Crippen LogP contribution in [0.2, 0.25) is 5.28 Å². The summed E-state index contributed by atoms with van der Waals surface area (Å²) in [5.74, 6) is -1.95. The van der Waals surface area contributed by atoms with Gasteiger partial charge in [-0.05, 0) is 30.4 Å². The lowest BCUT2D eigenvalue weighted by atomic mass is 9.98. The summed E-state index contributed by atoms with van der Waals surface area (Å²) < 4.78 is 37.0. The van der Waals surface area contributed by atoms with Gasteiger partial charge in [-0.15, -0.1) is 0 Å². The maximum absolute atomic E-state index is 13.0. The number of nitrogens with two attached hydrogens (primary N) is 1. The molecule has 9 nitrogen and oxygen atoms in total. The number of rotatable bonds is 7. The van der Waals surface area contributed by atoms with Gasteiger partial charge in [-0.1, -0.05) is 0 Å². The molecule has 1 aliphatic carbocycles. The van der Waals surface area contributed by atoms with Crippen LogP contribution < -0.4 is 20.1 Å². The Hall–Kier alpha value is -2.56. The first-order chi connectivity index (χ1) is 13.9. The molecule has 2 aromatic heterocycles. The maximum atomic E-state index is 13.0. The Kier molecular flexibility index (Phi) is 5.48. The van der Waals surface area contributed by atoms with E-state index < -0.39 is 11.8 Å². The maximum Gasteiger partial charge on any atom is 0.322 e. The first-order valence-electron chi connectivity index (χ1n) is 9.26. The van der Waals surface area contributed by atoms with Gasteiger partial charge in [0.05, 0.1) is 18.7 Å². The van der Waals surface area contributed by atoms with Crippen LogP contribution in [0.4, 0.5) is 20.5 Å². The molecule has 12 heteroatoms. The summed E-state index contributed by atoms with van der Waals surface area (Å²) in [6.45, 7) is 1.75. The predicted octanol–water partition coefficient (Wildman–Crippen LogP) is 2.23. The summed E-state index contributed by atoms with van der Waals surface area (Å²) in [6, 6.07) is -0.0345. The highest BCUT2D eigenvalue weighted by atomic mass is 35.5. The molecule has 4 rings (SSSR count). The second kappa shape index (κ2) is 8.05. The lowest BCUT2D eigenvalue weighted by Gasteiger charge is -2.31. The van der Waals surface area contributed by atoms with Gasteiger partial charge in [0.2, 0.25) is 11.2 Å². The van der Waals surface area contributed by atoms with Crippen molar-refractivity contribution in [2.24, 2.45) is 11.8 Å². The van der Waals surface area contributed by atoms with Crippen LogP contribution >= 0.6 is 11.6 Å². The Morgan fingerprint density at radius 2 is 1.93 bits per heavy atom. The van der Waals surface area contributed by atoms with Gasteiger partial charge in [0, 0.05) is 19.5 Å². The lowest BCUT2D eigenvalue weighted by Crippen LogP contribution is -2.36. The van der Waals surface area contributed by atoms with Gasteiger partial charge in [-0.25, -0.2) is 18.7 Å². The topological polar surface area (TPSA) is 112 Å². The predicted molar refractivity (Wildman–Crippen MR) is 100 cm³/mol. The third-order valence-electron chi connectivity index (χ3n) is 5.02. The SMILES string of the molecule is Nc1ncncc1OCC1CCN(c2nc(Cl)nc(OCC3CC3(F)F)n2)CC1. The molecule has 2 aromatic rings. The van der Waals surface area contributed by atoms with Crippen LogP contribution in [0.25, 0.3) is 0 Å². The van der Waals surface area contributed by atoms with Crippen LogP contribution in [0.1, 0.15) is 19.3 Å². The molecule has 1 saturated carbocycles. The van der Waals surface area contributed by atoms with Crippen LogP contribution in [0.5, 0.6) is 11.8 Å². The van der Waals surface area contributed by atoms with Gasteiger partial charge < -0.3 is 20.1 Å². The van der Waals surface area contributed by atoms with Crippen molar-refractivity contribution < 1.29 is 18.3 Å². The van der Waals surface area contributed by atoms with Crippen molar-refractivity contribution in [3.8, 4) is 11.8 Å². The van der Waals surface area contributed by atoms with E-state index in [1.165, 1.54) is 6.33 Å². The molecular formula is C17H20ClF2N7O2. The molecular weight excluding hydrogens is 408 g/mol. The van der Waals surface area contributed by atoms with Crippen LogP contribution in [-0.2, 0) is 0 Å². The molecule has 156 valence electrons. The number of hydrogen-bond acceptors (Lipinski definition) is 9. The Balaban J connectivity index is 1.29. The Morgan fingerprint density at radius 3 is 2.62 bits per heavy atom.